The molecule has 0 amide bonds. The Hall–Kier alpha value is -2.69. The summed E-state index contributed by atoms with van der Waals surface area (Å²) in [5.41, 5.74) is 5.98. The molecule has 31 heavy (non-hydrogen) atoms. The molecule has 1 aliphatic heterocycles. The molecule has 0 aromatic heterocycles. The molecule has 1 saturated heterocycles. The Morgan fingerprint density at radius 1 is 0.903 bits per heavy atom. The Morgan fingerprint density at radius 2 is 1.45 bits per heavy atom. The number of sulfonamides is 1. The summed E-state index contributed by atoms with van der Waals surface area (Å²) in [5.74, 6) is 0. The van der Waals surface area contributed by atoms with Crippen LogP contribution in [0, 0.1) is 20.8 Å². The van der Waals surface area contributed by atoms with Crippen molar-refractivity contribution in [1.82, 2.24) is 4.31 Å². The average molecular weight is 432 g/mol. The molecule has 0 spiro atoms. The monoisotopic (exact) mass is 431 g/mol. The van der Waals surface area contributed by atoms with Gasteiger partial charge in [-0.2, -0.15) is 4.31 Å². The van der Waals surface area contributed by atoms with Crippen molar-refractivity contribution in [2.75, 3.05) is 0 Å². The minimum atomic E-state index is -3.63. The van der Waals surface area contributed by atoms with Gasteiger partial charge < -0.3 is 0 Å². The Morgan fingerprint density at radius 3 is 2.00 bits per heavy atom. The zero-order chi connectivity index (χ0) is 22.2. The standard InChI is InChI=1S/C27H29NO2S/c1-5-24(23-14-10-7-11-15-23)26-25(18-22-12-8-6-9-13-22)28(26)31(29,30)27-20(3)16-19(2)17-21(27)4/h5-17,25-26H,18H2,1-4H3/b24-5+/t25-,26-,28?/m0/s1. The fourth-order valence-corrected chi connectivity index (χ4v) is 6.99. The number of aryl methyl sites for hydroxylation is 3. The first-order chi connectivity index (χ1) is 14.8. The van der Waals surface area contributed by atoms with Gasteiger partial charge in [-0.05, 0) is 61.9 Å². The molecule has 0 saturated carbocycles. The smallest absolute Gasteiger partial charge is 0.207 e. The molecule has 1 heterocycles. The second-order valence-corrected chi connectivity index (χ2v) is 10.2. The van der Waals surface area contributed by atoms with Crippen molar-refractivity contribution in [3.63, 3.8) is 0 Å². The Kier molecular flexibility index (Phi) is 5.87. The first-order valence-corrected chi connectivity index (χ1v) is 12.2. The predicted octanol–water partition coefficient (Wildman–Crippen LogP) is 5.70. The van der Waals surface area contributed by atoms with Crippen LogP contribution in [0.4, 0.5) is 0 Å². The van der Waals surface area contributed by atoms with Gasteiger partial charge in [0, 0.05) is 0 Å². The number of allylic oxidation sites excluding steroid dienone is 1. The Labute approximate surface area is 186 Å². The Balaban J connectivity index is 1.78. The van der Waals surface area contributed by atoms with E-state index in [1.54, 1.807) is 4.31 Å². The molecule has 0 bridgehead atoms. The van der Waals surface area contributed by atoms with E-state index in [1.807, 2.05) is 76.2 Å². The fraction of sp³-hybridized carbons (Fsp3) is 0.259. The quantitative estimate of drug-likeness (QED) is 0.470. The molecule has 3 aromatic carbocycles. The van der Waals surface area contributed by atoms with Crippen LogP contribution in [0.1, 0.15) is 34.7 Å². The first kappa shape index (κ1) is 21.5. The maximum atomic E-state index is 13.9. The van der Waals surface area contributed by atoms with Gasteiger partial charge in [0.15, 0.2) is 0 Å². The van der Waals surface area contributed by atoms with Gasteiger partial charge in [-0.25, -0.2) is 8.42 Å². The van der Waals surface area contributed by atoms with Crippen LogP contribution in [0.5, 0.6) is 0 Å². The molecule has 0 N–H and O–H groups in total. The van der Waals surface area contributed by atoms with E-state index in [0.717, 1.165) is 33.4 Å². The molecule has 3 aromatic rings. The number of rotatable bonds is 6. The first-order valence-electron chi connectivity index (χ1n) is 10.7. The summed E-state index contributed by atoms with van der Waals surface area (Å²) in [7, 11) is -3.63. The van der Waals surface area contributed by atoms with Crippen molar-refractivity contribution in [3.8, 4) is 0 Å². The van der Waals surface area contributed by atoms with E-state index in [0.29, 0.717) is 11.3 Å². The van der Waals surface area contributed by atoms with Crippen LogP contribution in [0.25, 0.3) is 5.57 Å². The van der Waals surface area contributed by atoms with Crippen LogP contribution in [0.3, 0.4) is 0 Å². The number of nitrogens with zero attached hydrogens (tertiary/aromatic N) is 1. The molecule has 1 unspecified atom stereocenters. The molecule has 160 valence electrons. The van der Waals surface area contributed by atoms with Gasteiger partial charge in [0.1, 0.15) is 0 Å². The minimum Gasteiger partial charge on any atom is -0.207 e. The van der Waals surface area contributed by atoms with Crippen LogP contribution in [-0.4, -0.2) is 24.8 Å². The highest BCUT2D eigenvalue weighted by molar-refractivity contribution is 7.89. The molecule has 4 heteroatoms. The van der Waals surface area contributed by atoms with Gasteiger partial charge in [-0.3, -0.25) is 0 Å². The van der Waals surface area contributed by atoms with Gasteiger partial charge in [0.25, 0.3) is 0 Å². The number of benzene rings is 3. The number of hydrogen-bond acceptors (Lipinski definition) is 2. The van der Waals surface area contributed by atoms with Gasteiger partial charge in [0.05, 0.1) is 17.0 Å². The second kappa shape index (κ2) is 8.45. The molecular formula is C27H29NO2S. The maximum absolute atomic E-state index is 13.9. The average Bonchev–Trinajstić information content (AvgIpc) is 3.43. The van der Waals surface area contributed by atoms with Crippen molar-refractivity contribution in [2.45, 2.75) is 51.1 Å². The number of hydrogen-bond donors (Lipinski definition) is 0. The summed E-state index contributed by atoms with van der Waals surface area (Å²) < 4.78 is 29.5. The second-order valence-electron chi connectivity index (χ2n) is 8.37. The molecule has 1 aliphatic rings. The van der Waals surface area contributed by atoms with Crippen molar-refractivity contribution < 1.29 is 8.42 Å². The van der Waals surface area contributed by atoms with E-state index in [9.17, 15) is 8.42 Å². The van der Waals surface area contributed by atoms with E-state index in [1.165, 1.54) is 0 Å². The van der Waals surface area contributed by atoms with Crippen LogP contribution >= 0.6 is 0 Å². The summed E-state index contributed by atoms with van der Waals surface area (Å²) >= 11 is 0. The predicted molar refractivity (Wildman–Crippen MR) is 127 cm³/mol. The third-order valence-corrected chi connectivity index (χ3v) is 8.25. The third kappa shape index (κ3) is 4.10. The van der Waals surface area contributed by atoms with Crippen LogP contribution in [-0.2, 0) is 16.4 Å². The van der Waals surface area contributed by atoms with Gasteiger partial charge in [-0.1, -0.05) is 84.4 Å². The van der Waals surface area contributed by atoms with Gasteiger partial charge >= 0.3 is 0 Å². The lowest BCUT2D eigenvalue weighted by atomic mass is 9.98. The van der Waals surface area contributed by atoms with Gasteiger partial charge in [-0.15, -0.1) is 0 Å². The molecule has 3 atom stereocenters. The van der Waals surface area contributed by atoms with Crippen molar-refractivity contribution in [1.29, 1.82) is 0 Å². The lowest BCUT2D eigenvalue weighted by molar-refractivity contribution is 0.547. The van der Waals surface area contributed by atoms with Crippen LogP contribution in [0.15, 0.2) is 83.8 Å². The van der Waals surface area contributed by atoms with E-state index < -0.39 is 10.0 Å². The molecular weight excluding hydrogens is 402 g/mol. The maximum Gasteiger partial charge on any atom is 0.244 e. The molecule has 3 nitrogen and oxygen atoms in total. The van der Waals surface area contributed by atoms with Crippen molar-refractivity contribution in [3.05, 3.63) is 107 Å². The van der Waals surface area contributed by atoms with Crippen LogP contribution < -0.4 is 0 Å². The highest BCUT2D eigenvalue weighted by atomic mass is 32.2. The lowest BCUT2D eigenvalue weighted by Crippen LogP contribution is -2.19. The van der Waals surface area contributed by atoms with E-state index in [2.05, 4.69) is 30.3 Å². The minimum absolute atomic E-state index is 0.0982. The van der Waals surface area contributed by atoms with E-state index in [4.69, 9.17) is 0 Å². The molecule has 4 rings (SSSR count). The van der Waals surface area contributed by atoms with Crippen molar-refractivity contribution in [2.24, 2.45) is 0 Å². The zero-order valence-electron chi connectivity index (χ0n) is 18.5. The van der Waals surface area contributed by atoms with Crippen LogP contribution in [0.2, 0.25) is 0 Å². The molecule has 0 aliphatic carbocycles. The highest BCUT2D eigenvalue weighted by Gasteiger charge is 2.57. The largest absolute Gasteiger partial charge is 0.244 e. The summed E-state index contributed by atoms with van der Waals surface area (Å²) in [6.45, 7) is 7.78. The summed E-state index contributed by atoms with van der Waals surface area (Å²) in [5, 5.41) is 0. The topological polar surface area (TPSA) is 37.1 Å². The van der Waals surface area contributed by atoms with E-state index in [-0.39, 0.29) is 12.1 Å². The van der Waals surface area contributed by atoms with Crippen molar-refractivity contribution >= 4 is 15.6 Å². The highest BCUT2D eigenvalue weighted by Crippen LogP contribution is 2.46. The third-order valence-electron chi connectivity index (χ3n) is 6.04. The lowest BCUT2D eigenvalue weighted by Gasteiger charge is -2.14. The summed E-state index contributed by atoms with van der Waals surface area (Å²) in [4.78, 5) is 0.446. The van der Waals surface area contributed by atoms with Gasteiger partial charge in [0.2, 0.25) is 10.0 Å². The molecule has 1 fully saturated rings. The summed E-state index contributed by atoms with van der Waals surface area (Å²) in [6, 6.07) is 23.9. The molecule has 0 radical (unpaired) electrons. The normalized spacial score (nSPS) is 21.2. The SMILES string of the molecule is C/C=C(\c1ccccc1)[C@H]1[C@H](Cc2ccccc2)N1S(=O)(=O)c1c(C)cc(C)cc1C. The zero-order valence-corrected chi connectivity index (χ0v) is 19.4. The van der Waals surface area contributed by atoms with E-state index >= 15 is 0 Å². The summed E-state index contributed by atoms with van der Waals surface area (Å²) in [6.07, 6.45) is 2.75. The Bertz CT molecular complexity index is 1190. The fourth-order valence-electron chi connectivity index (χ4n) is 4.80.